The van der Waals surface area contributed by atoms with Crippen molar-refractivity contribution >= 4 is 50.6 Å². The molecule has 0 aromatic heterocycles. The third-order valence-corrected chi connectivity index (χ3v) is 3.77. The first kappa shape index (κ1) is 13.4. The van der Waals surface area contributed by atoms with Gasteiger partial charge in [-0.2, -0.15) is 0 Å². The smallest absolute Gasteiger partial charge is 0.196 e. The fourth-order valence-corrected chi connectivity index (χ4v) is 2.48. The number of hydrogen-bond donors (Lipinski definition) is 1. The monoisotopic (exact) mass is 343 g/mol. The Morgan fingerprint density at radius 2 is 1.72 bits per heavy atom. The maximum Gasteiger partial charge on any atom is 0.196 e. The van der Waals surface area contributed by atoms with Gasteiger partial charge in [0.1, 0.15) is 0 Å². The van der Waals surface area contributed by atoms with Crippen molar-refractivity contribution in [2.24, 2.45) is 0 Å². The summed E-state index contributed by atoms with van der Waals surface area (Å²) in [6.07, 6.45) is 0. The predicted octanol–water partition coefficient (Wildman–Crippen LogP) is 4.57. The van der Waals surface area contributed by atoms with Crippen molar-refractivity contribution in [3.05, 3.63) is 62.0 Å². The average molecular weight is 345 g/mol. The number of nitrogens with two attached hydrogens (primary N) is 1. The van der Waals surface area contributed by atoms with Gasteiger partial charge < -0.3 is 5.73 Å². The third-order valence-electron chi connectivity index (χ3n) is 2.45. The highest BCUT2D eigenvalue weighted by atomic mass is 79.9. The highest BCUT2D eigenvalue weighted by Gasteiger charge is 2.17. The van der Waals surface area contributed by atoms with Crippen LogP contribution in [0.15, 0.2) is 40.9 Å². The van der Waals surface area contributed by atoms with Crippen molar-refractivity contribution in [2.45, 2.75) is 0 Å². The Morgan fingerprint density at radius 3 is 2.28 bits per heavy atom. The van der Waals surface area contributed by atoms with Crippen LogP contribution in [0, 0.1) is 0 Å². The number of hydrogen-bond acceptors (Lipinski definition) is 2. The number of halogens is 3. The molecule has 0 fully saturated rings. The lowest BCUT2D eigenvalue weighted by atomic mass is 10.0. The van der Waals surface area contributed by atoms with Crippen molar-refractivity contribution in [2.75, 3.05) is 5.73 Å². The zero-order valence-electron chi connectivity index (χ0n) is 9.08. The largest absolute Gasteiger partial charge is 0.398 e. The number of benzene rings is 2. The van der Waals surface area contributed by atoms with Crippen LogP contribution >= 0.6 is 39.1 Å². The molecular weight excluding hydrogens is 337 g/mol. The van der Waals surface area contributed by atoms with Gasteiger partial charge in [0.2, 0.25) is 0 Å². The summed E-state index contributed by atoms with van der Waals surface area (Å²) in [5.74, 6) is -0.230. The van der Waals surface area contributed by atoms with E-state index in [-0.39, 0.29) is 5.78 Å². The van der Waals surface area contributed by atoms with Crippen LogP contribution in [-0.4, -0.2) is 5.78 Å². The molecule has 92 valence electrons. The highest BCUT2D eigenvalue weighted by Crippen LogP contribution is 2.28. The molecule has 0 aliphatic carbocycles. The summed E-state index contributed by atoms with van der Waals surface area (Å²) in [5, 5.41) is 0.667. The highest BCUT2D eigenvalue weighted by molar-refractivity contribution is 9.10. The molecule has 2 aromatic carbocycles. The van der Waals surface area contributed by atoms with Gasteiger partial charge in [-0.05, 0) is 46.3 Å². The van der Waals surface area contributed by atoms with Gasteiger partial charge in [0.25, 0.3) is 0 Å². The normalized spacial score (nSPS) is 10.4. The van der Waals surface area contributed by atoms with E-state index in [1.807, 2.05) is 0 Å². The summed E-state index contributed by atoms with van der Waals surface area (Å²) in [6, 6.07) is 9.90. The molecule has 0 amide bonds. The lowest BCUT2D eigenvalue weighted by molar-refractivity contribution is 0.103. The third kappa shape index (κ3) is 2.53. The summed E-state index contributed by atoms with van der Waals surface area (Å²) in [5.41, 5.74) is 7.02. The summed E-state index contributed by atoms with van der Waals surface area (Å²) >= 11 is 15.3. The molecule has 5 heteroatoms. The Bertz CT molecular complexity index is 608. The molecule has 18 heavy (non-hydrogen) atoms. The summed E-state index contributed by atoms with van der Waals surface area (Å²) in [6.45, 7) is 0. The SMILES string of the molecule is Nc1ccc(C(=O)c2c(Cl)cccc2Cl)cc1Br. The molecule has 0 aliphatic rings. The van der Waals surface area contributed by atoms with E-state index in [9.17, 15) is 4.79 Å². The lowest BCUT2D eigenvalue weighted by Gasteiger charge is -2.07. The topological polar surface area (TPSA) is 43.1 Å². The van der Waals surface area contributed by atoms with E-state index in [2.05, 4.69) is 15.9 Å². The first-order chi connectivity index (χ1) is 8.50. The predicted molar refractivity (Wildman–Crippen MR) is 78.4 cm³/mol. The number of rotatable bonds is 2. The second kappa shape index (κ2) is 5.31. The number of ketones is 1. The van der Waals surface area contributed by atoms with Gasteiger partial charge in [0, 0.05) is 15.7 Å². The van der Waals surface area contributed by atoms with Crippen LogP contribution in [0.4, 0.5) is 5.69 Å². The molecule has 0 bridgehead atoms. The van der Waals surface area contributed by atoms with E-state index in [0.717, 1.165) is 0 Å². The van der Waals surface area contributed by atoms with Crippen molar-refractivity contribution in [3.63, 3.8) is 0 Å². The fraction of sp³-hybridized carbons (Fsp3) is 0. The molecular formula is C13H8BrCl2NO. The zero-order valence-corrected chi connectivity index (χ0v) is 12.2. The van der Waals surface area contributed by atoms with Crippen LogP contribution in [0.25, 0.3) is 0 Å². The van der Waals surface area contributed by atoms with E-state index >= 15 is 0 Å². The Kier molecular flexibility index (Phi) is 3.95. The fourth-order valence-electron chi connectivity index (χ4n) is 1.53. The van der Waals surface area contributed by atoms with Crippen LogP contribution in [0.2, 0.25) is 10.0 Å². The van der Waals surface area contributed by atoms with Crippen LogP contribution in [0.1, 0.15) is 15.9 Å². The molecule has 0 radical (unpaired) electrons. The van der Waals surface area contributed by atoms with Crippen LogP contribution in [0.3, 0.4) is 0 Å². The molecule has 0 saturated carbocycles. The van der Waals surface area contributed by atoms with Gasteiger partial charge in [-0.25, -0.2) is 0 Å². The standard InChI is InChI=1S/C13H8BrCl2NO/c14-8-6-7(4-5-11(8)17)13(18)12-9(15)2-1-3-10(12)16/h1-6H,17H2. The average Bonchev–Trinajstić information content (AvgIpc) is 2.32. The number of nitrogen functional groups attached to an aromatic ring is 1. The van der Waals surface area contributed by atoms with Gasteiger partial charge >= 0.3 is 0 Å². The maximum atomic E-state index is 12.3. The van der Waals surface area contributed by atoms with E-state index in [1.54, 1.807) is 36.4 Å². The van der Waals surface area contributed by atoms with E-state index < -0.39 is 0 Å². The molecule has 2 aromatic rings. The van der Waals surface area contributed by atoms with Crippen molar-refractivity contribution < 1.29 is 4.79 Å². The quantitative estimate of drug-likeness (QED) is 0.640. The number of carbonyl (C=O) groups is 1. The van der Waals surface area contributed by atoms with Gasteiger partial charge in [0.05, 0.1) is 15.6 Å². The second-order valence-corrected chi connectivity index (χ2v) is 5.33. The second-order valence-electron chi connectivity index (χ2n) is 3.66. The van der Waals surface area contributed by atoms with E-state index in [1.165, 1.54) is 0 Å². The van der Waals surface area contributed by atoms with Crippen LogP contribution in [0.5, 0.6) is 0 Å². The summed E-state index contributed by atoms with van der Waals surface area (Å²) in [7, 11) is 0. The molecule has 0 heterocycles. The molecule has 2 rings (SSSR count). The van der Waals surface area contributed by atoms with E-state index in [0.29, 0.717) is 31.3 Å². The van der Waals surface area contributed by atoms with Crippen LogP contribution in [-0.2, 0) is 0 Å². The van der Waals surface area contributed by atoms with E-state index in [4.69, 9.17) is 28.9 Å². The first-order valence-electron chi connectivity index (χ1n) is 5.04. The molecule has 0 aliphatic heterocycles. The molecule has 0 unspecified atom stereocenters. The van der Waals surface area contributed by atoms with Crippen LogP contribution < -0.4 is 5.73 Å². The molecule has 2 N–H and O–H groups in total. The van der Waals surface area contributed by atoms with Gasteiger partial charge in [0.15, 0.2) is 5.78 Å². The Labute approximate surface area is 123 Å². The van der Waals surface area contributed by atoms with Gasteiger partial charge in [-0.3, -0.25) is 4.79 Å². The first-order valence-corrected chi connectivity index (χ1v) is 6.59. The maximum absolute atomic E-state index is 12.3. The molecule has 0 saturated heterocycles. The van der Waals surface area contributed by atoms with Gasteiger partial charge in [-0.15, -0.1) is 0 Å². The molecule has 2 nitrogen and oxygen atoms in total. The Morgan fingerprint density at radius 1 is 1.11 bits per heavy atom. The zero-order chi connectivity index (χ0) is 13.3. The van der Waals surface area contributed by atoms with Crippen molar-refractivity contribution in [3.8, 4) is 0 Å². The van der Waals surface area contributed by atoms with Crippen molar-refractivity contribution in [1.82, 2.24) is 0 Å². The molecule has 0 atom stereocenters. The minimum atomic E-state index is -0.230. The summed E-state index contributed by atoms with van der Waals surface area (Å²) in [4.78, 5) is 12.3. The lowest BCUT2D eigenvalue weighted by Crippen LogP contribution is -2.03. The Balaban J connectivity index is 2.51. The summed E-state index contributed by atoms with van der Waals surface area (Å²) < 4.78 is 0.663. The minimum Gasteiger partial charge on any atom is -0.398 e. The minimum absolute atomic E-state index is 0.230. The number of carbonyl (C=O) groups excluding carboxylic acids is 1. The molecule has 0 spiro atoms. The Hall–Kier alpha value is -1.03. The number of anilines is 1. The van der Waals surface area contributed by atoms with Gasteiger partial charge in [-0.1, -0.05) is 29.3 Å². The van der Waals surface area contributed by atoms with Crippen molar-refractivity contribution in [1.29, 1.82) is 0 Å².